The standard InChI is InChI=1S/C25H37N3O/c1-8-25(9-2,28-14-12-26(5)13-15-28)23-11-10-21(17-24(23)29-7)22-16-19(3)20(4)27(6)18-22/h10-11,16-18H,4,8-9,12-15H2,1-3,5-7H3. The summed E-state index contributed by atoms with van der Waals surface area (Å²) in [5, 5.41) is 0. The van der Waals surface area contributed by atoms with Crippen molar-refractivity contribution in [2.45, 2.75) is 39.2 Å². The van der Waals surface area contributed by atoms with Crippen molar-refractivity contribution in [3.05, 3.63) is 59.5 Å². The number of piperazine rings is 1. The molecular weight excluding hydrogens is 358 g/mol. The third-order valence-electron chi connectivity index (χ3n) is 6.90. The van der Waals surface area contributed by atoms with E-state index in [9.17, 15) is 0 Å². The lowest BCUT2D eigenvalue weighted by Crippen LogP contribution is -2.54. The Bertz CT molecular complexity index is 811. The van der Waals surface area contributed by atoms with Gasteiger partial charge in [0.25, 0.3) is 0 Å². The molecule has 4 nitrogen and oxygen atoms in total. The van der Waals surface area contributed by atoms with E-state index in [1.807, 2.05) is 0 Å². The number of benzene rings is 1. The minimum atomic E-state index is 0.0168. The highest BCUT2D eigenvalue weighted by atomic mass is 16.5. The Kier molecular flexibility index (Phi) is 6.55. The van der Waals surface area contributed by atoms with Gasteiger partial charge in [0.2, 0.25) is 0 Å². The molecule has 1 aromatic rings. The van der Waals surface area contributed by atoms with Crippen molar-refractivity contribution in [1.29, 1.82) is 0 Å². The second kappa shape index (κ2) is 8.76. The van der Waals surface area contributed by atoms with Crippen LogP contribution in [0.5, 0.6) is 5.75 Å². The van der Waals surface area contributed by atoms with E-state index in [4.69, 9.17) is 4.74 Å². The third-order valence-corrected chi connectivity index (χ3v) is 6.90. The average Bonchev–Trinajstić information content (AvgIpc) is 2.74. The molecule has 0 aromatic heterocycles. The zero-order valence-corrected chi connectivity index (χ0v) is 19.1. The molecule has 0 amide bonds. The molecule has 0 N–H and O–H groups in total. The molecule has 0 radical (unpaired) electrons. The number of hydrogen-bond acceptors (Lipinski definition) is 4. The quantitative estimate of drug-likeness (QED) is 0.695. The SMILES string of the molecule is C=C1C(C)=CC(c2ccc(C(CC)(CC)N3CCN(C)CC3)c(OC)c2)=CN1C. The summed E-state index contributed by atoms with van der Waals surface area (Å²) in [6, 6.07) is 6.77. The zero-order chi connectivity index (χ0) is 21.2. The number of hydrogen-bond donors (Lipinski definition) is 0. The largest absolute Gasteiger partial charge is 0.496 e. The molecule has 1 aromatic carbocycles. The highest BCUT2D eigenvalue weighted by Gasteiger charge is 2.38. The Morgan fingerprint density at radius 1 is 1.07 bits per heavy atom. The highest BCUT2D eigenvalue weighted by Crippen LogP contribution is 2.42. The van der Waals surface area contributed by atoms with E-state index < -0.39 is 0 Å². The van der Waals surface area contributed by atoms with E-state index in [0.29, 0.717) is 0 Å². The first-order valence-electron chi connectivity index (χ1n) is 10.8. The van der Waals surface area contributed by atoms with Crippen molar-refractivity contribution < 1.29 is 4.74 Å². The highest BCUT2D eigenvalue weighted by molar-refractivity contribution is 5.78. The molecule has 0 saturated carbocycles. The first-order chi connectivity index (χ1) is 13.9. The van der Waals surface area contributed by atoms with E-state index in [0.717, 1.165) is 50.5 Å². The Hall–Kier alpha value is -2.04. The maximum atomic E-state index is 5.96. The summed E-state index contributed by atoms with van der Waals surface area (Å²) in [6.07, 6.45) is 6.52. The second-order valence-corrected chi connectivity index (χ2v) is 8.41. The van der Waals surface area contributed by atoms with Crippen LogP contribution in [-0.4, -0.2) is 62.1 Å². The molecule has 1 fully saturated rings. The zero-order valence-electron chi connectivity index (χ0n) is 19.1. The fourth-order valence-electron chi connectivity index (χ4n) is 4.81. The Balaban J connectivity index is 2.01. The van der Waals surface area contributed by atoms with E-state index in [-0.39, 0.29) is 5.54 Å². The summed E-state index contributed by atoms with van der Waals surface area (Å²) in [6.45, 7) is 15.3. The molecule has 158 valence electrons. The predicted molar refractivity (Wildman–Crippen MR) is 123 cm³/mol. The number of ether oxygens (including phenoxy) is 1. The smallest absolute Gasteiger partial charge is 0.124 e. The van der Waals surface area contributed by atoms with Gasteiger partial charge in [0.05, 0.1) is 7.11 Å². The van der Waals surface area contributed by atoms with Gasteiger partial charge < -0.3 is 14.5 Å². The van der Waals surface area contributed by atoms with Gasteiger partial charge in [-0.05, 0) is 55.7 Å². The van der Waals surface area contributed by atoms with Crippen molar-refractivity contribution >= 4 is 5.57 Å². The van der Waals surface area contributed by atoms with Crippen LogP contribution in [0.15, 0.2) is 48.3 Å². The minimum absolute atomic E-state index is 0.0168. The molecule has 3 rings (SSSR count). The summed E-state index contributed by atoms with van der Waals surface area (Å²) in [7, 11) is 6.06. The summed E-state index contributed by atoms with van der Waals surface area (Å²) in [5.41, 5.74) is 5.95. The van der Waals surface area contributed by atoms with Crippen LogP contribution in [0, 0.1) is 0 Å². The molecule has 2 heterocycles. The van der Waals surface area contributed by atoms with Crippen LogP contribution in [0.25, 0.3) is 5.57 Å². The Morgan fingerprint density at radius 2 is 1.72 bits per heavy atom. The summed E-state index contributed by atoms with van der Waals surface area (Å²) in [5.74, 6) is 0.990. The van der Waals surface area contributed by atoms with Crippen LogP contribution in [0.4, 0.5) is 0 Å². The third kappa shape index (κ3) is 4.01. The van der Waals surface area contributed by atoms with Crippen molar-refractivity contribution in [2.24, 2.45) is 0 Å². The van der Waals surface area contributed by atoms with Gasteiger partial charge in [-0.2, -0.15) is 0 Å². The number of likely N-dealkylation sites (N-methyl/N-ethyl adjacent to an activating group) is 2. The van der Waals surface area contributed by atoms with E-state index in [2.05, 4.69) is 86.6 Å². The van der Waals surface area contributed by atoms with Gasteiger partial charge in [-0.1, -0.05) is 32.6 Å². The van der Waals surface area contributed by atoms with Gasteiger partial charge in [0.1, 0.15) is 5.75 Å². The molecule has 29 heavy (non-hydrogen) atoms. The van der Waals surface area contributed by atoms with E-state index >= 15 is 0 Å². The van der Waals surface area contributed by atoms with Crippen LogP contribution >= 0.6 is 0 Å². The molecule has 0 aliphatic carbocycles. The van der Waals surface area contributed by atoms with Crippen LogP contribution in [0.3, 0.4) is 0 Å². The predicted octanol–water partition coefficient (Wildman–Crippen LogP) is 4.70. The maximum absolute atomic E-state index is 5.96. The lowest BCUT2D eigenvalue weighted by atomic mass is 9.81. The average molecular weight is 396 g/mol. The van der Waals surface area contributed by atoms with Crippen LogP contribution in [0.2, 0.25) is 0 Å². The first-order valence-corrected chi connectivity index (χ1v) is 10.8. The van der Waals surface area contributed by atoms with Gasteiger partial charge >= 0.3 is 0 Å². The second-order valence-electron chi connectivity index (χ2n) is 8.41. The molecule has 0 bridgehead atoms. The van der Waals surface area contributed by atoms with Gasteiger partial charge in [0.15, 0.2) is 0 Å². The molecule has 0 spiro atoms. The summed E-state index contributed by atoms with van der Waals surface area (Å²) >= 11 is 0. The molecule has 0 atom stereocenters. The van der Waals surface area contributed by atoms with E-state index in [1.165, 1.54) is 22.3 Å². The van der Waals surface area contributed by atoms with Gasteiger partial charge in [-0.3, -0.25) is 4.90 Å². The summed E-state index contributed by atoms with van der Waals surface area (Å²) < 4.78 is 5.96. The van der Waals surface area contributed by atoms with Crippen molar-refractivity contribution in [3.63, 3.8) is 0 Å². The van der Waals surface area contributed by atoms with Gasteiger partial charge in [0, 0.05) is 56.2 Å². The topological polar surface area (TPSA) is 19.0 Å². The molecular formula is C25H37N3O. The number of nitrogens with zero attached hydrogens (tertiary/aromatic N) is 3. The van der Waals surface area contributed by atoms with Crippen molar-refractivity contribution in [3.8, 4) is 5.75 Å². The number of allylic oxidation sites excluding steroid dienone is 3. The first kappa shape index (κ1) is 21.7. The fraction of sp³-hybridized carbons (Fsp3) is 0.520. The Labute approximate surface area is 177 Å². The van der Waals surface area contributed by atoms with Crippen LogP contribution in [0.1, 0.15) is 44.7 Å². The fourth-order valence-corrected chi connectivity index (χ4v) is 4.81. The number of rotatable bonds is 6. The van der Waals surface area contributed by atoms with Crippen LogP contribution in [-0.2, 0) is 5.54 Å². The van der Waals surface area contributed by atoms with Gasteiger partial charge in [-0.15, -0.1) is 0 Å². The van der Waals surface area contributed by atoms with Crippen molar-refractivity contribution in [2.75, 3.05) is 47.4 Å². The molecule has 1 saturated heterocycles. The monoisotopic (exact) mass is 395 g/mol. The molecule has 4 heteroatoms. The lowest BCUT2D eigenvalue weighted by Gasteiger charge is -2.47. The maximum Gasteiger partial charge on any atom is 0.124 e. The number of methoxy groups -OCH3 is 1. The molecule has 2 aliphatic heterocycles. The Morgan fingerprint density at radius 3 is 2.28 bits per heavy atom. The molecule has 0 unspecified atom stereocenters. The lowest BCUT2D eigenvalue weighted by molar-refractivity contribution is 0.0287. The van der Waals surface area contributed by atoms with Crippen molar-refractivity contribution in [1.82, 2.24) is 14.7 Å². The summed E-state index contributed by atoms with van der Waals surface area (Å²) in [4.78, 5) is 7.19. The van der Waals surface area contributed by atoms with Gasteiger partial charge in [-0.25, -0.2) is 0 Å². The normalized spacial score (nSPS) is 19.2. The molecule has 2 aliphatic rings. The van der Waals surface area contributed by atoms with E-state index in [1.54, 1.807) is 7.11 Å². The minimum Gasteiger partial charge on any atom is -0.496 e. The van der Waals surface area contributed by atoms with Crippen LogP contribution < -0.4 is 4.74 Å².